The molecule has 0 amide bonds. The highest BCUT2D eigenvalue weighted by atomic mass is 35.5. The summed E-state index contributed by atoms with van der Waals surface area (Å²) in [5, 5.41) is 14.6. The van der Waals surface area contributed by atoms with Crippen molar-refractivity contribution in [2.45, 2.75) is 18.6 Å². The standard InChI is InChI=1S/C24H21ClN2O4/c1-29-21-5-3-2-4-16(21)24-26-18(14-6-9-22-23(10-14)31-13-30-22)12-19(27-24)17-11-15(25)7-8-20(17)28/h2-11,19,24,27-28H,12-13H2,1H3/t19-,24+/m0/s1. The first-order valence-corrected chi connectivity index (χ1v) is 10.3. The molecule has 2 atom stereocenters. The van der Waals surface area contributed by atoms with Gasteiger partial charge in [-0.05, 0) is 48.0 Å². The van der Waals surface area contributed by atoms with Crippen LogP contribution in [-0.4, -0.2) is 24.7 Å². The average molecular weight is 437 g/mol. The van der Waals surface area contributed by atoms with Crippen molar-refractivity contribution in [3.63, 3.8) is 0 Å². The van der Waals surface area contributed by atoms with Gasteiger partial charge in [0.25, 0.3) is 0 Å². The molecule has 7 heteroatoms. The molecule has 158 valence electrons. The minimum absolute atomic E-state index is 0.188. The molecule has 3 aromatic rings. The van der Waals surface area contributed by atoms with E-state index in [0.29, 0.717) is 17.2 Å². The molecule has 2 N–H and O–H groups in total. The van der Waals surface area contributed by atoms with Gasteiger partial charge in [0.2, 0.25) is 6.79 Å². The molecule has 0 aliphatic carbocycles. The van der Waals surface area contributed by atoms with E-state index in [4.69, 9.17) is 30.8 Å². The van der Waals surface area contributed by atoms with Crippen molar-refractivity contribution in [1.82, 2.24) is 5.32 Å². The quantitative estimate of drug-likeness (QED) is 0.601. The van der Waals surface area contributed by atoms with E-state index in [-0.39, 0.29) is 24.8 Å². The summed E-state index contributed by atoms with van der Waals surface area (Å²) in [6.07, 6.45) is 0.202. The third-order valence-corrected chi connectivity index (χ3v) is 5.78. The second-order valence-corrected chi connectivity index (χ2v) is 7.85. The molecule has 0 bridgehead atoms. The molecule has 0 fully saturated rings. The van der Waals surface area contributed by atoms with Gasteiger partial charge in [0.05, 0.1) is 7.11 Å². The third kappa shape index (κ3) is 3.80. The Balaban J connectivity index is 1.59. The van der Waals surface area contributed by atoms with Crippen molar-refractivity contribution in [1.29, 1.82) is 0 Å². The minimum atomic E-state index is -0.367. The fourth-order valence-corrected chi connectivity index (χ4v) is 4.19. The van der Waals surface area contributed by atoms with Gasteiger partial charge < -0.3 is 19.3 Å². The maximum absolute atomic E-state index is 10.5. The number of phenols is 1. The predicted molar refractivity (Wildman–Crippen MR) is 118 cm³/mol. The van der Waals surface area contributed by atoms with E-state index in [0.717, 1.165) is 33.9 Å². The van der Waals surface area contributed by atoms with Gasteiger partial charge in [-0.15, -0.1) is 0 Å². The van der Waals surface area contributed by atoms with Gasteiger partial charge in [0, 0.05) is 34.3 Å². The number of halogens is 1. The Morgan fingerprint density at radius 1 is 1.03 bits per heavy atom. The molecule has 0 saturated carbocycles. The lowest BCUT2D eigenvalue weighted by Crippen LogP contribution is -2.33. The molecule has 2 aliphatic heterocycles. The molecule has 0 unspecified atom stereocenters. The molecule has 0 radical (unpaired) electrons. The molecular formula is C24H21ClN2O4. The Labute approximate surface area is 185 Å². The van der Waals surface area contributed by atoms with Gasteiger partial charge >= 0.3 is 0 Å². The lowest BCUT2D eigenvalue weighted by molar-refractivity contribution is 0.174. The summed E-state index contributed by atoms with van der Waals surface area (Å²) in [6.45, 7) is 0.218. The van der Waals surface area contributed by atoms with E-state index in [2.05, 4.69) is 5.32 Å². The van der Waals surface area contributed by atoms with Crippen LogP contribution in [0.1, 0.15) is 35.3 Å². The van der Waals surface area contributed by atoms with Crippen molar-refractivity contribution in [3.05, 3.63) is 82.4 Å². The van der Waals surface area contributed by atoms with Gasteiger partial charge in [-0.1, -0.05) is 29.8 Å². The van der Waals surface area contributed by atoms with Crippen molar-refractivity contribution in [3.8, 4) is 23.0 Å². The zero-order valence-electron chi connectivity index (χ0n) is 16.8. The Kier molecular flexibility index (Phi) is 5.18. The van der Waals surface area contributed by atoms with E-state index in [9.17, 15) is 5.11 Å². The number of nitrogens with one attached hydrogen (secondary N) is 1. The van der Waals surface area contributed by atoms with Crippen molar-refractivity contribution in [2.75, 3.05) is 13.9 Å². The van der Waals surface area contributed by atoms with E-state index in [1.54, 1.807) is 25.3 Å². The van der Waals surface area contributed by atoms with Crippen LogP contribution in [0.3, 0.4) is 0 Å². The first-order valence-electron chi connectivity index (χ1n) is 9.96. The molecule has 3 aromatic carbocycles. The molecule has 5 rings (SSSR count). The third-order valence-electron chi connectivity index (χ3n) is 5.55. The number of rotatable bonds is 4. The molecule has 2 aliphatic rings. The van der Waals surface area contributed by atoms with Crippen LogP contribution < -0.4 is 19.5 Å². The topological polar surface area (TPSA) is 72.3 Å². The molecule has 0 spiro atoms. The van der Waals surface area contributed by atoms with Gasteiger partial charge in [-0.3, -0.25) is 10.3 Å². The fraction of sp³-hybridized carbons (Fsp3) is 0.208. The van der Waals surface area contributed by atoms with Crippen LogP contribution in [0.15, 0.2) is 65.7 Å². The Hall–Kier alpha value is -3.22. The largest absolute Gasteiger partial charge is 0.508 e. The Morgan fingerprint density at radius 3 is 2.74 bits per heavy atom. The van der Waals surface area contributed by atoms with Crippen LogP contribution in [0.5, 0.6) is 23.0 Å². The summed E-state index contributed by atoms with van der Waals surface area (Å²) >= 11 is 6.23. The van der Waals surface area contributed by atoms with Gasteiger partial charge in [0.15, 0.2) is 11.5 Å². The van der Waals surface area contributed by atoms with Crippen LogP contribution in [0.25, 0.3) is 0 Å². The highest BCUT2D eigenvalue weighted by Gasteiger charge is 2.30. The van der Waals surface area contributed by atoms with Gasteiger partial charge in [0.1, 0.15) is 17.7 Å². The van der Waals surface area contributed by atoms with Gasteiger partial charge in [-0.2, -0.15) is 0 Å². The van der Waals surface area contributed by atoms with E-state index < -0.39 is 0 Å². The van der Waals surface area contributed by atoms with Crippen LogP contribution in [0.4, 0.5) is 0 Å². The minimum Gasteiger partial charge on any atom is -0.508 e. The summed E-state index contributed by atoms with van der Waals surface area (Å²) < 4.78 is 16.6. The number of benzene rings is 3. The number of aliphatic imine (C=N–C) groups is 1. The lowest BCUT2D eigenvalue weighted by atomic mass is 9.93. The molecule has 0 aromatic heterocycles. The monoisotopic (exact) mass is 436 g/mol. The maximum Gasteiger partial charge on any atom is 0.231 e. The molecular weight excluding hydrogens is 416 g/mol. The second kappa shape index (κ2) is 8.13. The number of fused-ring (bicyclic) bond motifs is 1. The first kappa shape index (κ1) is 19.7. The van der Waals surface area contributed by atoms with E-state index in [1.807, 2.05) is 42.5 Å². The maximum atomic E-state index is 10.5. The summed E-state index contributed by atoms with van der Waals surface area (Å²) in [4.78, 5) is 5.00. The summed E-state index contributed by atoms with van der Waals surface area (Å²) in [7, 11) is 1.64. The molecule has 6 nitrogen and oxygen atoms in total. The number of phenolic OH excluding ortho intramolecular Hbond substituents is 1. The number of hydrogen-bond acceptors (Lipinski definition) is 6. The zero-order valence-corrected chi connectivity index (χ0v) is 17.6. The fourth-order valence-electron chi connectivity index (χ4n) is 4.01. The summed E-state index contributed by atoms with van der Waals surface area (Å²) in [6, 6.07) is 18.5. The van der Waals surface area contributed by atoms with E-state index >= 15 is 0 Å². The molecule has 2 heterocycles. The number of hydrogen-bond donors (Lipinski definition) is 2. The Morgan fingerprint density at radius 2 is 1.87 bits per heavy atom. The normalized spacial score (nSPS) is 19.7. The second-order valence-electron chi connectivity index (χ2n) is 7.41. The van der Waals surface area contributed by atoms with Crippen LogP contribution in [-0.2, 0) is 0 Å². The molecule has 31 heavy (non-hydrogen) atoms. The van der Waals surface area contributed by atoms with Crippen molar-refractivity contribution in [2.24, 2.45) is 4.99 Å². The van der Waals surface area contributed by atoms with E-state index in [1.165, 1.54) is 0 Å². The number of ether oxygens (including phenoxy) is 3. The van der Waals surface area contributed by atoms with Crippen molar-refractivity contribution >= 4 is 17.3 Å². The Bertz CT molecular complexity index is 1160. The zero-order chi connectivity index (χ0) is 21.4. The lowest BCUT2D eigenvalue weighted by Gasteiger charge is -2.31. The summed E-state index contributed by atoms with van der Waals surface area (Å²) in [5.41, 5.74) is 3.46. The predicted octanol–water partition coefficient (Wildman–Crippen LogP) is 5.01. The number of nitrogens with zero attached hydrogens (tertiary/aromatic N) is 1. The van der Waals surface area contributed by atoms with Crippen LogP contribution >= 0.6 is 11.6 Å². The highest BCUT2D eigenvalue weighted by molar-refractivity contribution is 6.30. The number of aromatic hydroxyl groups is 1. The van der Waals surface area contributed by atoms with Crippen LogP contribution in [0.2, 0.25) is 5.02 Å². The number of para-hydroxylation sites is 1. The number of methoxy groups -OCH3 is 1. The SMILES string of the molecule is COc1ccccc1[C@@H]1N=C(c2ccc3c(c2)OCO3)C[C@@H](c2cc(Cl)ccc2O)N1. The average Bonchev–Trinajstić information content (AvgIpc) is 3.28. The smallest absolute Gasteiger partial charge is 0.231 e. The first-order chi connectivity index (χ1) is 15.1. The highest BCUT2D eigenvalue weighted by Crippen LogP contribution is 2.39. The summed E-state index contributed by atoms with van der Waals surface area (Å²) in [5.74, 6) is 2.36. The molecule has 0 saturated heterocycles. The van der Waals surface area contributed by atoms with Crippen molar-refractivity contribution < 1.29 is 19.3 Å². The van der Waals surface area contributed by atoms with Crippen LogP contribution in [0, 0.1) is 0 Å². The van der Waals surface area contributed by atoms with Gasteiger partial charge in [-0.25, -0.2) is 0 Å².